The first-order chi connectivity index (χ1) is 19.5. The minimum Gasteiger partial charge on any atom is -0.497 e. The molecule has 2 N–H and O–H groups in total. The van der Waals surface area contributed by atoms with Crippen molar-refractivity contribution in [3.8, 4) is 17.0 Å². The van der Waals surface area contributed by atoms with E-state index in [1.807, 2.05) is 53.9 Å². The zero-order valence-corrected chi connectivity index (χ0v) is 23.0. The van der Waals surface area contributed by atoms with E-state index in [9.17, 15) is 14.0 Å². The summed E-state index contributed by atoms with van der Waals surface area (Å²) in [7, 11) is 1.55. The molecule has 1 atom stereocenters. The lowest BCUT2D eigenvalue weighted by molar-refractivity contribution is -0.115. The van der Waals surface area contributed by atoms with Crippen LogP contribution in [-0.4, -0.2) is 23.9 Å². The van der Waals surface area contributed by atoms with Gasteiger partial charge in [0.25, 0.3) is 5.91 Å². The number of nitrogens with one attached hydrogen (secondary N) is 2. The van der Waals surface area contributed by atoms with Crippen LogP contribution in [0.2, 0.25) is 0 Å². The number of carbonyl (C=O) groups is 2. The monoisotopic (exact) mass is 569 g/mol. The van der Waals surface area contributed by atoms with Gasteiger partial charge in [0.05, 0.1) is 12.8 Å². The van der Waals surface area contributed by atoms with E-state index in [2.05, 4.69) is 15.6 Å². The Morgan fingerprint density at radius 1 is 0.900 bits per heavy atom. The number of methoxy groups -OCH3 is 1. The third-order valence-electron chi connectivity index (χ3n) is 5.89. The van der Waals surface area contributed by atoms with E-state index in [0.717, 1.165) is 16.0 Å². The lowest BCUT2D eigenvalue weighted by Crippen LogP contribution is -2.19. The molecule has 4 aromatic carbocycles. The summed E-state index contributed by atoms with van der Waals surface area (Å²) in [5, 5.41) is 7.54. The first-order valence-electron chi connectivity index (χ1n) is 12.3. The predicted molar refractivity (Wildman–Crippen MR) is 159 cm³/mol. The number of rotatable bonds is 9. The van der Waals surface area contributed by atoms with Crippen LogP contribution in [0.4, 0.5) is 15.2 Å². The summed E-state index contributed by atoms with van der Waals surface area (Å²) in [6.45, 7) is 0. The average molecular weight is 570 g/mol. The van der Waals surface area contributed by atoms with Crippen LogP contribution in [0, 0.1) is 5.82 Å². The van der Waals surface area contributed by atoms with Gasteiger partial charge in [-0.3, -0.25) is 9.59 Å². The topological polar surface area (TPSA) is 80.3 Å². The standard InChI is InChI=1S/C31H24FN3O3S2/c1-38-25-11-5-9-22(17-25)29(36)33-24-10-6-12-26(18-24)40-28(21-7-3-2-4-8-21)30(37)35-31-34-27(19-39-31)20-13-15-23(32)16-14-20/h2-19,28H,1H3,(H,33,36)(H,34,35,37). The van der Waals surface area contributed by atoms with Crippen LogP contribution >= 0.6 is 23.1 Å². The molecule has 0 saturated carbocycles. The highest BCUT2D eigenvalue weighted by molar-refractivity contribution is 8.00. The number of amides is 2. The molecule has 0 spiro atoms. The molecule has 1 heterocycles. The smallest absolute Gasteiger partial charge is 0.255 e. The first-order valence-corrected chi connectivity index (χ1v) is 14.0. The molecule has 0 aliphatic carbocycles. The van der Waals surface area contributed by atoms with Crippen molar-refractivity contribution < 1.29 is 18.7 Å². The van der Waals surface area contributed by atoms with Crippen LogP contribution < -0.4 is 15.4 Å². The number of aromatic nitrogens is 1. The van der Waals surface area contributed by atoms with Gasteiger partial charge in [-0.15, -0.1) is 23.1 Å². The van der Waals surface area contributed by atoms with Crippen LogP contribution in [-0.2, 0) is 4.79 Å². The molecule has 0 fully saturated rings. The second-order valence-corrected chi connectivity index (χ2v) is 10.7. The zero-order valence-electron chi connectivity index (χ0n) is 21.3. The van der Waals surface area contributed by atoms with Crippen molar-refractivity contribution in [1.29, 1.82) is 0 Å². The maximum atomic E-state index is 13.5. The molecule has 0 bridgehead atoms. The van der Waals surface area contributed by atoms with Crippen LogP contribution in [0.15, 0.2) is 113 Å². The average Bonchev–Trinajstić information content (AvgIpc) is 3.45. The van der Waals surface area contributed by atoms with Crippen molar-refractivity contribution in [3.63, 3.8) is 0 Å². The first kappa shape index (κ1) is 27.1. The van der Waals surface area contributed by atoms with Gasteiger partial charge in [-0.05, 0) is 66.2 Å². The number of ether oxygens (including phenoxy) is 1. The SMILES string of the molecule is COc1cccc(C(=O)Nc2cccc(SC(C(=O)Nc3nc(-c4ccc(F)cc4)cs3)c3ccccc3)c2)c1. The fourth-order valence-electron chi connectivity index (χ4n) is 3.91. The van der Waals surface area contributed by atoms with Gasteiger partial charge in [0, 0.05) is 27.1 Å². The molecule has 9 heteroatoms. The number of benzene rings is 4. The fraction of sp³-hybridized carbons (Fsp3) is 0.0645. The number of thioether (sulfide) groups is 1. The van der Waals surface area contributed by atoms with Crippen molar-refractivity contribution in [2.45, 2.75) is 10.1 Å². The third kappa shape index (κ3) is 6.74. The zero-order chi connectivity index (χ0) is 27.9. The summed E-state index contributed by atoms with van der Waals surface area (Å²) in [6.07, 6.45) is 0. The molecule has 0 radical (unpaired) electrons. The maximum Gasteiger partial charge on any atom is 0.255 e. The van der Waals surface area contributed by atoms with E-state index in [4.69, 9.17) is 4.74 Å². The third-order valence-corrected chi connectivity index (χ3v) is 7.90. The van der Waals surface area contributed by atoms with Gasteiger partial charge in [-0.1, -0.05) is 42.5 Å². The molecule has 1 unspecified atom stereocenters. The second-order valence-electron chi connectivity index (χ2n) is 8.66. The van der Waals surface area contributed by atoms with Gasteiger partial charge >= 0.3 is 0 Å². The molecule has 5 aromatic rings. The molecule has 0 aliphatic heterocycles. The van der Waals surface area contributed by atoms with E-state index in [1.165, 1.54) is 35.2 Å². The van der Waals surface area contributed by atoms with Crippen molar-refractivity contribution >= 4 is 45.7 Å². The Labute approximate surface area is 239 Å². The number of nitrogens with zero attached hydrogens (tertiary/aromatic N) is 1. The number of hydrogen-bond donors (Lipinski definition) is 2. The Morgan fingerprint density at radius 2 is 1.68 bits per heavy atom. The van der Waals surface area contributed by atoms with Crippen LogP contribution in [0.3, 0.4) is 0 Å². The minimum absolute atomic E-state index is 0.234. The highest BCUT2D eigenvalue weighted by Crippen LogP contribution is 2.38. The Hall–Kier alpha value is -4.47. The van der Waals surface area contributed by atoms with E-state index in [0.29, 0.717) is 27.8 Å². The summed E-state index contributed by atoms with van der Waals surface area (Å²) in [5.41, 5.74) is 3.33. The van der Waals surface area contributed by atoms with E-state index in [1.54, 1.807) is 49.6 Å². The lowest BCUT2D eigenvalue weighted by atomic mass is 10.1. The largest absolute Gasteiger partial charge is 0.497 e. The molecule has 0 saturated heterocycles. The van der Waals surface area contributed by atoms with Crippen LogP contribution in [0.5, 0.6) is 5.75 Å². The van der Waals surface area contributed by atoms with Crippen molar-refractivity contribution in [1.82, 2.24) is 4.98 Å². The van der Waals surface area contributed by atoms with Crippen molar-refractivity contribution in [2.24, 2.45) is 0 Å². The molecule has 2 amide bonds. The number of anilines is 2. The van der Waals surface area contributed by atoms with Gasteiger partial charge in [-0.2, -0.15) is 0 Å². The minimum atomic E-state index is -0.580. The molecule has 5 rings (SSSR count). The normalized spacial score (nSPS) is 11.4. The second kappa shape index (κ2) is 12.6. The molecule has 0 aliphatic rings. The maximum absolute atomic E-state index is 13.5. The number of carbonyl (C=O) groups excluding carboxylic acids is 2. The molecule has 1 aromatic heterocycles. The molecular formula is C31H24FN3O3S2. The van der Waals surface area contributed by atoms with E-state index >= 15 is 0 Å². The van der Waals surface area contributed by atoms with E-state index < -0.39 is 5.25 Å². The van der Waals surface area contributed by atoms with Gasteiger partial charge in [-0.25, -0.2) is 9.37 Å². The highest BCUT2D eigenvalue weighted by atomic mass is 32.2. The summed E-state index contributed by atoms with van der Waals surface area (Å²) in [6, 6.07) is 29.8. The van der Waals surface area contributed by atoms with E-state index in [-0.39, 0.29) is 17.6 Å². The van der Waals surface area contributed by atoms with Crippen molar-refractivity contribution in [3.05, 3.63) is 125 Å². The van der Waals surface area contributed by atoms with Crippen molar-refractivity contribution in [2.75, 3.05) is 17.7 Å². The summed E-state index contributed by atoms with van der Waals surface area (Å²) in [4.78, 5) is 31.7. The Balaban J connectivity index is 1.33. The summed E-state index contributed by atoms with van der Waals surface area (Å²) < 4.78 is 18.5. The summed E-state index contributed by atoms with van der Waals surface area (Å²) >= 11 is 2.67. The van der Waals surface area contributed by atoms with Gasteiger partial charge in [0.2, 0.25) is 5.91 Å². The Kier molecular flexibility index (Phi) is 8.53. The summed E-state index contributed by atoms with van der Waals surface area (Å²) in [5.74, 6) is -0.223. The molecule has 40 heavy (non-hydrogen) atoms. The van der Waals surface area contributed by atoms with Gasteiger partial charge < -0.3 is 15.4 Å². The fourth-order valence-corrected chi connectivity index (χ4v) is 5.71. The Morgan fingerprint density at radius 3 is 2.45 bits per heavy atom. The molecule has 6 nitrogen and oxygen atoms in total. The van der Waals surface area contributed by atoms with Crippen LogP contribution in [0.25, 0.3) is 11.3 Å². The molecular weight excluding hydrogens is 545 g/mol. The van der Waals surface area contributed by atoms with Gasteiger partial charge in [0.15, 0.2) is 5.13 Å². The number of halogens is 1. The lowest BCUT2D eigenvalue weighted by Gasteiger charge is -2.17. The highest BCUT2D eigenvalue weighted by Gasteiger charge is 2.23. The Bertz CT molecular complexity index is 1620. The quantitative estimate of drug-likeness (QED) is 0.178. The molecule has 200 valence electrons. The predicted octanol–water partition coefficient (Wildman–Crippen LogP) is 7.68. The van der Waals surface area contributed by atoms with Crippen LogP contribution in [0.1, 0.15) is 21.2 Å². The number of hydrogen-bond acceptors (Lipinski definition) is 6. The van der Waals surface area contributed by atoms with Gasteiger partial charge in [0.1, 0.15) is 16.8 Å². The number of thiazole rings is 1.